The van der Waals surface area contributed by atoms with Gasteiger partial charge in [-0.15, -0.1) is 0 Å². The summed E-state index contributed by atoms with van der Waals surface area (Å²) in [6.07, 6.45) is 8.61. The van der Waals surface area contributed by atoms with E-state index in [0.29, 0.717) is 25.4 Å². The smallest absolute Gasteiger partial charge is 0.223 e. The molecule has 0 unspecified atom stereocenters. The van der Waals surface area contributed by atoms with Gasteiger partial charge in [0.2, 0.25) is 5.91 Å². The van der Waals surface area contributed by atoms with Crippen LogP contribution in [0.25, 0.3) is 0 Å². The van der Waals surface area contributed by atoms with Crippen molar-refractivity contribution >= 4 is 5.91 Å². The van der Waals surface area contributed by atoms with Crippen molar-refractivity contribution in [2.75, 3.05) is 0 Å². The molecule has 1 fully saturated rings. The summed E-state index contributed by atoms with van der Waals surface area (Å²) < 4.78 is 5.45. The highest BCUT2D eigenvalue weighted by Gasteiger charge is 2.22. The van der Waals surface area contributed by atoms with Crippen molar-refractivity contribution in [1.82, 2.24) is 4.90 Å². The first-order valence-electron chi connectivity index (χ1n) is 8.65. The molecule has 1 aromatic heterocycles. The molecule has 0 bridgehead atoms. The van der Waals surface area contributed by atoms with Crippen LogP contribution < -0.4 is 0 Å². The summed E-state index contributed by atoms with van der Waals surface area (Å²) in [7, 11) is 0. The first-order chi connectivity index (χ1) is 11.3. The van der Waals surface area contributed by atoms with Gasteiger partial charge in [-0.25, -0.2) is 0 Å². The Morgan fingerprint density at radius 3 is 2.48 bits per heavy atom. The van der Waals surface area contributed by atoms with E-state index in [1.54, 1.807) is 6.26 Å². The molecule has 1 aliphatic carbocycles. The fraction of sp³-hybridized carbons (Fsp3) is 0.450. The maximum atomic E-state index is 12.8. The van der Waals surface area contributed by atoms with Crippen LogP contribution in [0.5, 0.6) is 0 Å². The van der Waals surface area contributed by atoms with E-state index < -0.39 is 0 Å². The number of carbonyl (C=O) groups excluding carboxylic acids is 1. The number of furan rings is 1. The molecule has 23 heavy (non-hydrogen) atoms. The van der Waals surface area contributed by atoms with Crippen LogP contribution in [-0.2, 0) is 17.9 Å². The molecule has 0 spiro atoms. The minimum absolute atomic E-state index is 0.247. The molecule has 1 amide bonds. The Bertz CT molecular complexity index is 585. The van der Waals surface area contributed by atoms with Crippen molar-refractivity contribution in [3.63, 3.8) is 0 Å². The predicted octanol–water partition coefficient (Wildman–Crippen LogP) is 4.78. The van der Waals surface area contributed by atoms with Gasteiger partial charge in [-0.1, -0.05) is 49.6 Å². The van der Waals surface area contributed by atoms with Crippen LogP contribution in [0.3, 0.4) is 0 Å². The quantitative estimate of drug-likeness (QED) is 0.769. The summed E-state index contributed by atoms with van der Waals surface area (Å²) in [5.41, 5.74) is 1.16. The zero-order chi connectivity index (χ0) is 15.9. The Kier molecular flexibility index (Phi) is 5.51. The third-order valence-electron chi connectivity index (χ3n) is 4.68. The molecule has 3 nitrogen and oxygen atoms in total. The highest BCUT2D eigenvalue weighted by molar-refractivity contribution is 5.76. The van der Waals surface area contributed by atoms with Gasteiger partial charge in [-0.2, -0.15) is 0 Å². The summed E-state index contributed by atoms with van der Waals surface area (Å²) in [6.45, 7) is 1.19. The molecule has 2 aromatic rings. The van der Waals surface area contributed by atoms with E-state index in [1.807, 2.05) is 35.2 Å². The number of nitrogens with zero attached hydrogens (tertiary/aromatic N) is 1. The molecular formula is C20H25NO2. The SMILES string of the molecule is O=C(CC1CCCCC1)N(Cc1ccccc1)Cc1ccco1. The number of hydrogen-bond acceptors (Lipinski definition) is 2. The lowest BCUT2D eigenvalue weighted by Gasteiger charge is -2.26. The van der Waals surface area contributed by atoms with Gasteiger partial charge in [0.1, 0.15) is 5.76 Å². The van der Waals surface area contributed by atoms with Gasteiger partial charge in [0, 0.05) is 13.0 Å². The monoisotopic (exact) mass is 311 g/mol. The lowest BCUT2D eigenvalue weighted by molar-refractivity contribution is -0.134. The number of rotatable bonds is 6. The van der Waals surface area contributed by atoms with Gasteiger partial charge in [-0.3, -0.25) is 4.79 Å². The van der Waals surface area contributed by atoms with E-state index in [0.717, 1.165) is 11.3 Å². The molecule has 1 aliphatic rings. The van der Waals surface area contributed by atoms with E-state index in [9.17, 15) is 4.79 Å². The number of amides is 1. The van der Waals surface area contributed by atoms with Crippen LogP contribution in [-0.4, -0.2) is 10.8 Å². The van der Waals surface area contributed by atoms with Crippen LogP contribution in [0, 0.1) is 5.92 Å². The van der Waals surface area contributed by atoms with Crippen LogP contribution in [0.15, 0.2) is 53.1 Å². The van der Waals surface area contributed by atoms with Gasteiger partial charge >= 0.3 is 0 Å². The lowest BCUT2D eigenvalue weighted by Crippen LogP contribution is -2.31. The molecular weight excluding hydrogens is 286 g/mol. The van der Waals surface area contributed by atoms with E-state index in [1.165, 1.54) is 32.1 Å². The highest BCUT2D eigenvalue weighted by Crippen LogP contribution is 2.27. The van der Waals surface area contributed by atoms with Gasteiger partial charge in [0.15, 0.2) is 0 Å². The molecule has 0 saturated heterocycles. The standard InChI is InChI=1S/C20H25NO2/c22-20(14-17-8-3-1-4-9-17)21(16-19-12-7-13-23-19)15-18-10-5-2-6-11-18/h2,5-7,10-13,17H,1,3-4,8-9,14-16H2. The highest BCUT2D eigenvalue weighted by atomic mass is 16.3. The van der Waals surface area contributed by atoms with Crippen molar-refractivity contribution in [2.24, 2.45) is 5.92 Å². The van der Waals surface area contributed by atoms with E-state index in [-0.39, 0.29) is 5.91 Å². The first-order valence-corrected chi connectivity index (χ1v) is 8.65. The van der Waals surface area contributed by atoms with Crippen LogP contribution in [0.2, 0.25) is 0 Å². The molecule has 0 N–H and O–H groups in total. The molecule has 1 saturated carbocycles. The molecule has 0 aliphatic heterocycles. The average Bonchev–Trinajstić information content (AvgIpc) is 3.09. The third-order valence-corrected chi connectivity index (χ3v) is 4.68. The Morgan fingerprint density at radius 1 is 1.00 bits per heavy atom. The van der Waals surface area contributed by atoms with E-state index in [2.05, 4.69) is 12.1 Å². The molecule has 3 rings (SSSR count). The van der Waals surface area contributed by atoms with Gasteiger partial charge in [0.25, 0.3) is 0 Å². The Morgan fingerprint density at radius 2 is 1.78 bits per heavy atom. The minimum atomic E-state index is 0.247. The Balaban J connectivity index is 1.66. The third kappa shape index (κ3) is 4.72. The van der Waals surface area contributed by atoms with Crippen LogP contribution >= 0.6 is 0 Å². The van der Waals surface area contributed by atoms with E-state index in [4.69, 9.17) is 4.42 Å². The first kappa shape index (κ1) is 15.9. The molecule has 1 heterocycles. The summed E-state index contributed by atoms with van der Waals surface area (Å²) in [5, 5.41) is 0. The number of hydrogen-bond donors (Lipinski definition) is 0. The fourth-order valence-corrected chi connectivity index (χ4v) is 3.39. The second-order valence-corrected chi connectivity index (χ2v) is 6.52. The summed E-state index contributed by atoms with van der Waals surface area (Å²) in [4.78, 5) is 14.8. The molecule has 1 aromatic carbocycles. The largest absolute Gasteiger partial charge is 0.467 e. The zero-order valence-corrected chi connectivity index (χ0v) is 13.6. The van der Waals surface area contributed by atoms with Crippen molar-refractivity contribution in [1.29, 1.82) is 0 Å². The normalized spacial score (nSPS) is 15.5. The van der Waals surface area contributed by atoms with E-state index >= 15 is 0 Å². The average molecular weight is 311 g/mol. The summed E-state index contributed by atoms with van der Waals surface area (Å²) >= 11 is 0. The molecule has 0 atom stereocenters. The second kappa shape index (κ2) is 8.00. The maximum Gasteiger partial charge on any atom is 0.223 e. The van der Waals surface area contributed by atoms with Crippen molar-refractivity contribution < 1.29 is 9.21 Å². The van der Waals surface area contributed by atoms with Crippen LogP contribution in [0.1, 0.15) is 49.8 Å². The van der Waals surface area contributed by atoms with Gasteiger partial charge in [0.05, 0.1) is 12.8 Å². The maximum absolute atomic E-state index is 12.8. The van der Waals surface area contributed by atoms with Gasteiger partial charge in [-0.05, 0) is 36.5 Å². The lowest BCUT2D eigenvalue weighted by atomic mass is 9.86. The van der Waals surface area contributed by atoms with Crippen molar-refractivity contribution in [2.45, 2.75) is 51.6 Å². The summed E-state index contributed by atoms with van der Waals surface area (Å²) in [6, 6.07) is 14.0. The summed E-state index contributed by atoms with van der Waals surface area (Å²) in [5.74, 6) is 1.65. The molecule has 3 heteroatoms. The van der Waals surface area contributed by atoms with Crippen LogP contribution in [0.4, 0.5) is 0 Å². The zero-order valence-electron chi connectivity index (χ0n) is 13.6. The molecule has 122 valence electrons. The topological polar surface area (TPSA) is 33.5 Å². The van der Waals surface area contributed by atoms with Gasteiger partial charge < -0.3 is 9.32 Å². The predicted molar refractivity (Wildman–Crippen MR) is 90.6 cm³/mol. The Labute approximate surface area is 138 Å². The Hall–Kier alpha value is -2.03. The number of benzene rings is 1. The fourth-order valence-electron chi connectivity index (χ4n) is 3.39. The van der Waals surface area contributed by atoms with Crippen molar-refractivity contribution in [3.8, 4) is 0 Å². The van der Waals surface area contributed by atoms with Crippen molar-refractivity contribution in [3.05, 3.63) is 60.1 Å². The minimum Gasteiger partial charge on any atom is -0.467 e. The number of carbonyl (C=O) groups is 1. The second-order valence-electron chi connectivity index (χ2n) is 6.52. The molecule has 0 radical (unpaired) electrons.